The summed E-state index contributed by atoms with van der Waals surface area (Å²) in [5.41, 5.74) is -1.47. The van der Waals surface area contributed by atoms with E-state index >= 15 is 0 Å². The van der Waals surface area contributed by atoms with E-state index in [-0.39, 0.29) is 11.8 Å². The van der Waals surface area contributed by atoms with Crippen LogP contribution in [-0.4, -0.2) is 18.2 Å². The van der Waals surface area contributed by atoms with Crippen molar-refractivity contribution in [1.29, 1.82) is 0 Å². The van der Waals surface area contributed by atoms with Crippen molar-refractivity contribution >= 4 is 5.97 Å². The van der Waals surface area contributed by atoms with Gasteiger partial charge < -0.3 is 9.47 Å². The first-order chi connectivity index (χ1) is 9.58. The molecule has 0 saturated carbocycles. The summed E-state index contributed by atoms with van der Waals surface area (Å²) in [6.07, 6.45) is 1.84. The molecule has 1 aliphatic rings. The van der Waals surface area contributed by atoms with Gasteiger partial charge in [-0.2, -0.15) is 0 Å². The van der Waals surface area contributed by atoms with Gasteiger partial charge in [-0.25, -0.2) is 9.18 Å². The summed E-state index contributed by atoms with van der Waals surface area (Å²) >= 11 is 0. The predicted octanol–water partition coefficient (Wildman–Crippen LogP) is 3.56. The SMILES string of the molecule is CCCC1(C(=O)OCC)OC1(CC)c1ccccc1F. The van der Waals surface area contributed by atoms with Crippen LogP contribution in [-0.2, 0) is 19.9 Å². The predicted molar refractivity (Wildman–Crippen MR) is 73.7 cm³/mol. The lowest BCUT2D eigenvalue weighted by molar-refractivity contribution is -0.149. The van der Waals surface area contributed by atoms with E-state index in [2.05, 4.69) is 0 Å². The molecule has 0 aromatic heterocycles. The average molecular weight is 280 g/mol. The summed E-state index contributed by atoms with van der Waals surface area (Å²) in [4.78, 5) is 12.3. The van der Waals surface area contributed by atoms with Crippen molar-refractivity contribution in [2.24, 2.45) is 0 Å². The fourth-order valence-electron chi connectivity index (χ4n) is 3.04. The van der Waals surface area contributed by atoms with E-state index in [1.165, 1.54) is 6.07 Å². The van der Waals surface area contributed by atoms with Crippen LogP contribution in [0.15, 0.2) is 24.3 Å². The van der Waals surface area contributed by atoms with Crippen molar-refractivity contribution in [3.05, 3.63) is 35.6 Å². The molecule has 1 aliphatic heterocycles. The molecular formula is C16H21FO3. The van der Waals surface area contributed by atoms with Crippen LogP contribution in [0.1, 0.15) is 45.6 Å². The third kappa shape index (κ3) is 2.03. The van der Waals surface area contributed by atoms with Crippen molar-refractivity contribution < 1.29 is 18.7 Å². The van der Waals surface area contributed by atoms with Crippen LogP contribution in [0, 0.1) is 5.82 Å². The van der Waals surface area contributed by atoms with Crippen LogP contribution in [0.25, 0.3) is 0 Å². The number of epoxide rings is 1. The lowest BCUT2D eigenvalue weighted by Crippen LogP contribution is -2.35. The average Bonchev–Trinajstić information content (AvgIpc) is 3.10. The number of benzene rings is 1. The van der Waals surface area contributed by atoms with E-state index in [9.17, 15) is 9.18 Å². The highest BCUT2D eigenvalue weighted by atomic mass is 19.1. The Bertz CT molecular complexity index is 502. The van der Waals surface area contributed by atoms with Crippen LogP contribution in [0.2, 0.25) is 0 Å². The molecule has 0 bridgehead atoms. The number of esters is 1. The molecule has 2 atom stereocenters. The Kier molecular flexibility index (Phi) is 4.14. The molecule has 0 spiro atoms. The van der Waals surface area contributed by atoms with Crippen LogP contribution in [0.3, 0.4) is 0 Å². The second kappa shape index (κ2) is 5.52. The van der Waals surface area contributed by atoms with Gasteiger partial charge in [0.2, 0.25) is 0 Å². The first-order valence-electron chi connectivity index (χ1n) is 7.20. The highest BCUT2D eigenvalue weighted by molar-refractivity contribution is 5.85. The summed E-state index contributed by atoms with van der Waals surface area (Å²) in [6, 6.07) is 6.49. The van der Waals surface area contributed by atoms with Crippen LogP contribution < -0.4 is 0 Å². The molecule has 2 rings (SSSR count). The van der Waals surface area contributed by atoms with Gasteiger partial charge in [0.15, 0.2) is 5.60 Å². The first-order valence-corrected chi connectivity index (χ1v) is 7.20. The topological polar surface area (TPSA) is 38.8 Å². The molecule has 1 aromatic rings. The van der Waals surface area contributed by atoms with E-state index < -0.39 is 11.2 Å². The summed E-state index contributed by atoms with van der Waals surface area (Å²) in [5, 5.41) is 0. The highest BCUT2D eigenvalue weighted by Gasteiger charge is 2.75. The molecule has 4 heteroatoms. The molecule has 110 valence electrons. The van der Waals surface area contributed by atoms with Gasteiger partial charge in [0.1, 0.15) is 11.4 Å². The molecular weight excluding hydrogens is 259 g/mol. The molecule has 3 nitrogen and oxygen atoms in total. The lowest BCUT2D eigenvalue weighted by Gasteiger charge is -2.18. The number of hydrogen-bond acceptors (Lipinski definition) is 3. The van der Waals surface area contributed by atoms with Crippen LogP contribution >= 0.6 is 0 Å². The molecule has 20 heavy (non-hydrogen) atoms. The standard InChI is InChI=1S/C16H21FO3/c1-4-11-16(14(18)19-6-3)15(5-2,20-16)12-9-7-8-10-13(12)17/h7-10H,4-6,11H2,1-3H3. The van der Waals surface area contributed by atoms with Crippen molar-refractivity contribution in [1.82, 2.24) is 0 Å². The van der Waals surface area contributed by atoms with E-state index in [1.54, 1.807) is 25.1 Å². The van der Waals surface area contributed by atoms with E-state index in [0.29, 0.717) is 25.0 Å². The molecule has 1 heterocycles. The van der Waals surface area contributed by atoms with E-state index in [1.807, 2.05) is 13.8 Å². The summed E-state index contributed by atoms with van der Waals surface area (Å²) in [6.45, 7) is 5.94. The van der Waals surface area contributed by atoms with Gasteiger partial charge in [-0.3, -0.25) is 0 Å². The molecule has 1 aromatic carbocycles. The Morgan fingerprint density at radius 1 is 1.30 bits per heavy atom. The fourth-order valence-corrected chi connectivity index (χ4v) is 3.04. The molecule has 0 N–H and O–H groups in total. The summed E-state index contributed by atoms with van der Waals surface area (Å²) < 4.78 is 25.1. The third-order valence-corrected chi connectivity index (χ3v) is 3.97. The largest absolute Gasteiger partial charge is 0.464 e. The smallest absolute Gasteiger partial charge is 0.341 e. The summed E-state index contributed by atoms with van der Waals surface area (Å²) in [7, 11) is 0. The number of halogens is 1. The van der Waals surface area contributed by atoms with E-state index in [4.69, 9.17) is 9.47 Å². The zero-order valence-corrected chi connectivity index (χ0v) is 12.2. The Morgan fingerprint density at radius 3 is 2.55 bits per heavy atom. The zero-order chi connectivity index (χ0) is 14.8. The second-order valence-corrected chi connectivity index (χ2v) is 5.06. The van der Waals surface area contributed by atoms with Crippen molar-refractivity contribution in [2.75, 3.05) is 6.61 Å². The minimum absolute atomic E-state index is 0.296. The van der Waals surface area contributed by atoms with Gasteiger partial charge in [-0.15, -0.1) is 0 Å². The maximum Gasteiger partial charge on any atom is 0.341 e. The van der Waals surface area contributed by atoms with E-state index in [0.717, 1.165) is 6.42 Å². The van der Waals surface area contributed by atoms with Gasteiger partial charge in [0.25, 0.3) is 0 Å². The minimum Gasteiger partial charge on any atom is -0.464 e. The monoisotopic (exact) mass is 280 g/mol. The highest BCUT2D eigenvalue weighted by Crippen LogP contribution is 2.61. The Morgan fingerprint density at radius 2 is 2.00 bits per heavy atom. The van der Waals surface area contributed by atoms with Gasteiger partial charge in [-0.05, 0) is 25.8 Å². The van der Waals surface area contributed by atoms with Gasteiger partial charge in [-0.1, -0.05) is 38.5 Å². The molecule has 2 unspecified atom stereocenters. The molecule has 0 aliphatic carbocycles. The minimum atomic E-state index is -1.03. The molecule has 0 amide bonds. The number of hydrogen-bond donors (Lipinski definition) is 0. The number of carbonyl (C=O) groups is 1. The van der Waals surface area contributed by atoms with Gasteiger partial charge >= 0.3 is 5.97 Å². The fraction of sp³-hybridized carbons (Fsp3) is 0.562. The second-order valence-electron chi connectivity index (χ2n) is 5.06. The van der Waals surface area contributed by atoms with Crippen LogP contribution in [0.5, 0.6) is 0 Å². The molecule has 1 fully saturated rings. The lowest BCUT2D eigenvalue weighted by atomic mass is 9.81. The Balaban J connectivity index is 2.43. The molecule has 0 radical (unpaired) electrons. The van der Waals surface area contributed by atoms with Gasteiger partial charge in [0.05, 0.1) is 6.61 Å². The molecule has 1 saturated heterocycles. The normalized spacial score (nSPS) is 28.2. The Labute approximate surface area is 119 Å². The number of rotatable bonds is 6. The number of carbonyl (C=O) groups excluding carboxylic acids is 1. The van der Waals surface area contributed by atoms with Crippen molar-refractivity contribution in [2.45, 2.75) is 51.2 Å². The third-order valence-electron chi connectivity index (χ3n) is 3.97. The Hall–Kier alpha value is -1.42. The van der Waals surface area contributed by atoms with Gasteiger partial charge in [0, 0.05) is 5.56 Å². The van der Waals surface area contributed by atoms with Crippen LogP contribution in [0.4, 0.5) is 4.39 Å². The maximum absolute atomic E-state index is 14.1. The maximum atomic E-state index is 14.1. The van der Waals surface area contributed by atoms with Crippen molar-refractivity contribution in [3.63, 3.8) is 0 Å². The zero-order valence-electron chi connectivity index (χ0n) is 12.2. The van der Waals surface area contributed by atoms with Crippen molar-refractivity contribution in [3.8, 4) is 0 Å². The quantitative estimate of drug-likeness (QED) is 0.590. The number of ether oxygens (including phenoxy) is 2. The first kappa shape index (κ1) is 15.0. The summed E-state index contributed by atoms with van der Waals surface area (Å²) in [5.74, 6) is -0.719.